The highest BCUT2D eigenvalue weighted by Gasteiger charge is 2.32. The maximum absolute atomic E-state index is 11.3. The molecule has 0 aliphatic heterocycles. The maximum Gasteiger partial charge on any atom is 0.193 e. The van der Waals surface area contributed by atoms with Gasteiger partial charge in [0.2, 0.25) is 0 Å². The summed E-state index contributed by atoms with van der Waals surface area (Å²) in [5.74, 6) is -0.308. The fourth-order valence-electron chi connectivity index (χ4n) is 0.663. The largest absolute Gasteiger partial charge is 0.369 e. The normalized spacial score (nSPS) is 16.7. The Morgan fingerprint density at radius 1 is 1.42 bits per heavy atom. The Labute approximate surface area is 73.8 Å². The van der Waals surface area contributed by atoms with Gasteiger partial charge in [0.1, 0.15) is 0 Å². The summed E-state index contributed by atoms with van der Waals surface area (Å²) >= 11 is 0. The van der Waals surface area contributed by atoms with E-state index in [0.717, 1.165) is 0 Å². The fourth-order valence-corrected chi connectivity index (χ4v) is 0.663. The molecular weight excluding hydrogens is 156 g/mol. The Balaban J connectivity index is 4.26. The summed E-state index contributed by atoms with van der Waals surface area (Å²) in [6.45, 7) is 3.62. The summed E-state index contributed by atoms with van der Waals surface area (Å²) in [4.78, 5) is 14.4. The number of Topliss-reactive ketones (excluding diaryl/α,β-unsaturated/α-hetero) is 1. The van der Waals surface area contributed by atoms with Gasteiger partial charge in [0, 0.05) is 6.92 Å². The van der Waals surface area contributed by atoms with E-state index in [9.17, 15) is 9.90 Å². The predicted molar refractivity (Wildman–Crippen MR) is 47.6 cm³/mol. The van der Waals surface area contributed by atoms with Crippen LogP contribution in [0.2, 0.25) is 0 Å². The van der Waals surface area contributed by atoms with Gasteiger partial charge in [-0.15, -0.1) is 0 Å². The number of hydrogen-bond donors (Lipinski definition) is 1. The van der Waals surface area contributed by atoms with E-state index in [0.29, 0.717) is 0 Å². The molecular formula is C8H17N2O2. The third-order valence-corrected chi connectivity index (χ3v) is 1.65. The van der Waals surface area contributed by atoms with Gasteiger partial charge in [0.15, 0.2) is 11.5 Å². The number of aliphatic hydroxyl groups is 1. The van der Waals surface area contributed by atoms with E-state index in [2.05, 4.69) is 6.92 Å². The molecule has 0 rings (SSSR count). The minimum Gasteiger partial charge on any atom is -0.369 e. The summed E-state index contributed by atoms with van der Waals surface area (Å²) in [5, 5.41) is 9.55. The first-order valence-electron chi connectivity index (χ1n) is 3.71. The summed E-state index contributed by atoms with van der Waals surface area (Å²) in [7, 11) is 6.76. The van der Waals surface area contributed by atoms with Crippen LogP contribution in [0.25, 0.3) is 0 Å². The number of rotatable bonds is 4. The molecule has 0 aliphatic rings. The molecule has 0 bridgehead atoms. The Morgan fingerprint density at radius 2 is 1.83 bits per heavy atom. The van der Waals surface area contributed by atoms with Crippen LogP contribution in [0.1, 0.15) is 0 Å². The first-order valence-corrected chi connectivity index (χ1v) is 3.71. The minimum atomic E-state index is -1.61. The lowest BCUT2D eigenvalue weighted by Gasteiger charge is -2.29. The molecule has 0 aromatic carbocycles. The van der Waals surface area contributed by atoms with Crippen molar-refractivity contribution < 1.29 is 9.90 Å². The van der Waals surface area contributed by atoms with Crippen LogP contribution in [-0.2, 0) is 4.79 Å². The van der Waals surface area contributed by atoms with Crippen LogP contribution in [0.3, 0.4) is 0 Å². The topological polar surface area (TPSA) is 43.8 Å². The van der Waals surface area contributed by atoms with Crippen LogP contribution in [0.15, 0.2) is 0 Å². The number of hydrogen-bond acceptors (Lipinski definition) is 4. The van der Waals surface area contributed by atoms with Crippen molar-refractivity contribution in [2.75, 3.05) is 34.7 Å². The zero-order valence-corrected chi connectivity index (χ0v) is 8.16. The zero-order valence-electron chi connectivity index (χ0n) is 8.16. The molecule has 1 radical (unpaired) electrons. The van der Waals surface area contributed by atoms with Gasteiger partial charge in [0.25, 0.3) is 0 Å². The lowest BCUT2D eigenvalue weighted by atomic mass is 10.1. The fraction of sp³-hybridized carbons (Fsp3) is 0.750. The van der Waals surface area contributed by atoms with Gasteiger partial charge in [0.05, 0.1) is 6.54 Å². The van der Waals surface area contributed by atoms with Crippen molar-refractivity contribution in [3.63, 3.8) is 0 Å². The second kappa shape index (κ2) is 3.98. The molecule has 4 nitrogen and oxygen atoms in total. The van der Waals surface area contributed by atoms with Gasteiger partial charge in [-0.05, 0) is 28.2 Å². The molecule has 1 atom stereocenters. The summed E-state index contributed by atoms with van der Waals surface area (Å²) in [6, 6.07) is 0. The summed E-state index contributed by atoms with van der Waals surface area (Å²) in [6.07, 6.45) is 0. The van der Waals surface area contributed by atoms with Crippen molar-refractivity contribution in [3.8, 4) is 0 Å². The maximum atomic E-state index is 11.3. The summed E-state index contributed by atoms with van der Waals surface area (Å²) in [5.41, 5.74) is -1.61. The molecule has 0 saturated heterocycles. The molecule has 0 amide bonds. The van der Waals surface area contributed by atoms with Gasteiger partial charge in [-0.2, -0.15) is 0 Å². The van der Waals surface area contributed by atoms with E-state index in [1.54, 1.807) is 33.1 Å². The summed E-state index contributed by atoms with van der Waals surface area (Å²) < 4.78 is 0. The van der Waals surface area contributed by atoms with E-state index >= 15 is 0 Å². The van der Waals surface area contributed by atoms with E-state index in [4.69, 9.17) is 0 Å². The average Bonchev–Trinajstić information content (AvgIpc) is 1.85. The van der Waals surface area contributed by atoms with E-state index in [1.807, 2.05) is 0 Å². The number of carbonyl (C=O) groups excluding carboxylic acids is 1. The third kappa shape index (κ3) is 2.89. The standard InChI is InChI=1S/C8H17N2O2/c1-8(12,10(4)5)7(11)6-9(2)3/h12H,1,6H2,2-5H3. The first kappa shape index (κ1) is 11.6. The predicted octanol–water partition coefficient (Wildman–Crippen LogP) is -0.799. The number of ketones is 1. The van der Waals surface area contributed by atoms with Crippen molar-refractivity contribution >= 4 is 5.78 Å². The van der Waals surface area contributed by atoms with Gasteiger partial charge in [-0.25, -0.2) is 0 Å². The zero-order chi connectivity index (χ0) is 9.94. The van der Waals surface area contributed by atoms with Crippen LogP contribution >= 0.6 is 0 Å². The van der Waals surface area contributed by atoms with E-state index in [-0.39, 0.29) is 12.3 Å². The second-order valence-electron chi connectivity index (χ2n) is 3.37. The van der Waals surface area contributed by atoms with Crippen LogP contribution in [0, 0.1) is 6.92 Å². The van der Waals surface area contributed by atoms with Gasteiger partial charge >= 0.3 is 0 Å². The first-order chi connectivity index (χ1) is 5.28. The molecule has 1 unspecified atom stereocenters. The molecule has 1 N–H and O–H groups in total. The van der Waals surface area contributed by atoms with Crippen LogP contribution in [0.4, 0.5) is 0 Å². The molecule has 4 heteroatoms. The van der Waals surface area contributed by atoms with Crippen molar-refractivity contribution in [3.05, 3.63) is 6.92 Å². The highest BCUT2D eigenvalue weighted by atomic mass is 16.3. The van der Waals surface area contributed by atoms with Crippen molar-refractivity contribution in [2.24, 2.45) is 0 Å². The Hall–Kier alpha value is -0.450. The SMILES string of the molecule is [CH2]C(O)(C(=O)CN(C)C)N(C)C. The Morgan fingerprint density at radius 3 is 2.08 bits per heavy atom. The van der Waals surface area contributed by atoms with Gasteiger partial charge < -0.3 is 10.0 Å². The minimum absolute atomic E-state index is 0.193. The smallest absolute Gasteiger partial charge is 0.193 e. The Kier molecular flexibility index (Phi) is 3.83. The molecule has 0 spiro atoms. The number of likely N-dealkylation sites (N-methyl/N-ethyl adjacent to an activating group) is 2. The third-order valence-electron chi connectivity index (χ3n) is 1.65. The lowest BCUT2D eigenvalue weighted by Crippen LogP contribution is -2.51. The van der Waals surface area contributed by atoms with Gasteiger partial charge in [-0.1, -0.05) is 0 Å². The molecule has 0 aromatic heterocycles. The highest BCUT2D eigenvalue weighted by Crippen LogP contribution is 2.07. The molecule has 12 heavy (non-hydrogen) atoms. The average molecular weight is 173 g/mol. The highest BCUT2D eigenvalue weighted by molar-refractivity contribution is 5.88. The monoisotopic (exact) mass is 173 g/mol. The van der Waals surface area contributed by atoms with Crippen molar-refractivity contribution in [1.82, 2.24) is 9.80 Å². The van der Waals surface area contributed by atoms with Crippen molar-refractivity contribution in [2.45, 2.75) is 5.72 Å². The van der Waals surface area contributed by atoms with Crippen LogP contribution < -0.4 is 0 Å². The lowest BCUT2D eigenvalue weighted by molar-refractivity contribution is -0.147. The molecule has 0 aliphatic carbocycles. The van der Waals surface area contributed by atoms with Crippen molar-refractivity contribution in [1.29, 1.82) is 0 Å². The van der Waals surface area contributed by atoms with E-state index in [1.165, 1.54) is 4.90 Å². The van der Waals surface area contributed by atoms with Gasteiger partial charge in [-0.3, -0.25) is 9.69 Å². The van der Waals surface area contributed by atoms with Crippen LogP contribution in [0.5, 0.6) is 0 Å². The second-order valence-corrected chi connectivity index (χ2v) is 3.37. The molecule has 71 valence electrons. The molecule has 0 saturated carbocycles. The molecule has 0 aromatic rings. The van der Waals surface area contributed by atoms with E-state index < -0.39 is 5.72 Å². The quantitative estimate of drug-likeness (QED) is 0.565. The van der Waals surface area contributed by atoms with Crippen LogP contribution in [-0.4, -0.2) is 61.2 Å². The molecule has 0 heterocycles. The Bertz CT molecular complexity index is 164. The number of nitrogens with zero attached hydrogens (tertiary/aromatic N) is 2. The number of carbonyl (C=O) groups is 1. The molecule has 0 fully saturated rings.